The molecular weight excluding hydrogens is 438 g/mol. The normalized spacial score (nSPS) is 16.2. The summed E-state index contributed by atoms with van der Waals surface area (Å²) in [5, 5.41) is 11.6. The standard InChI is InChI=1S/C18H12ClN3O7S/c19-9-2-4-11-14(6-9)21-18(27)22(16(11)24)30(28,29)10-3-1-8-5-12(17(25)26)15(23)20-13(8)7-10/h1-4,6-7,12H,5H2,(H,20,23)(H,21,27)(H,25,26). The van der Waals surface area contributed by atoms with Gasteiger partial charge in [0.05, 0.1) is 15.8 Å². The summed E-state index contributed by atoms with van der Waals surface area (Å²) in [6.45, 7) is 0. The van der Waals surface area contributed by atoms with Crippen LogP contribution in [0.3, 0.4) is 0 Å². The van der Waals surface area contributed by atoms with Gasteiger partial charge >= 0.3 is 11.7 Å². The third-order valence-corrected chi connectivity index (χ3v) is 6.64. The molecule has 0 bridgehead atoms. The van der Waals surface area contributed by atoms with Gasteiger partial charge in [-0.1, -0.05) is 17.7 Å². The summed E-state index contributed by atoms with van der Waals surface area (Å²) in [6.07, 6.45) is -0.117. The Bertz CT molecular complexity index is 1470. The van der Waals surface area contributed by atoms with E-state index in [1.54, 1.807) is 0 Å². The SMILES string of the molecule is O=C(O)C1Cc2ccc(S(=O)(=O)n3c(=O)[nH]c4cc(Cl)ccc4c3=O)cc2NC1=O. The molecule has 0 fully saturated rings. The molecule has 1 aromatic heterocycles. The molecule has 10 nitrogen and oxygen atoms in total. The van der Waals surface area contributed by atoms with E-state index in [0.29, 0.717) is 5.56 Å². The number of rotatable bonds is 3. The van der Waals surface area contributed by atoms with Gasteiger partial charge < -0.3 is 15.4 Å². The van der Waals surface area contributed by atoms with Gasteiger partial charge in [-0.3, -0.25) is 14.4 Å². The van der Waals surface area contributed by atoms with Crippen molar-refractivity contribution in [3.8, 4) is 0 Å². The molecule has 0 spiro atoms. The summed E-state index contributed by atoms with van der Waals surface area (Å²) < 4.78 is 26.2. The summed E-state index contributed by atoms with van der Waals surface area (Å²) in [6, 6.07) is 7.55. The van der Waals surface area contributed by atoms with Gasteiger partial charge in [-0.15, -0.1) is 3.97 Å². The number of fused-ring (bicyclic) bond motifs is 2. The van der Waals surface area contributed by atoms with Gasteiger partial charge in [0, 0.05) is 10.7 Å². The Morgan fingerprint density at radius 3 is 2.57 bits per heavy atom. The Hall–Kier alpha value is -3.44. The number of aromatic amines is 1. The molecule has 12 heteroatoms. The van der Waals surface area contributed by atoms with Crippen molar-refractivity contribution in [1.29, 1.82) is 0 Å². The molecule has 0 saturated heterocycles. The van der Waals surface area contributed by atoms with Gasteiger partial charge in [-0.2, -0.15) is 0 Å². The van der Waals surface area contributed by atoms with Crippen molar-refractivity contribution >= 4 is 50.1 Å². The number of H-pyrrole nitrogens is 1. The molecule has 1 amide bonds. The van der Waals surface area contributed by atoms with E-state index in [1.807, 2.05) is 0 Å². The molecule has 3 N–H and O–H groups in total. The first-order chi connectivity index (χ1) is 14.1. The molecule has 0 aliphatic carbocycles. The molecule has 154 valence electrons. The van der Waals surface area contributed by atoms with Gasteiger partial charge in [0.2, 0.25) is 5.91 Å². The lowest BCUT2D eigenvalue weighted by atomic mass is 9.93. The summed E-state index contributed by atoms with van der Waals surface area (Å²) in [5.74, 6) is -3.39. The fourth-order valence-electron chi connectivity index (χ4n) is 3.24. The van der Waals surface area contributed by atoms with Crippen molar-refractivity contribution in [2.24, 2.45) is 5.92 Å². The van der Waals surface area contributed by atoms with Crippen LogP contribution in [0.25, 0.3) is 10.9 Å². The highest BCUT2D eigenvalue weighted by Gasteiger charge is 2.33. The minimum absolute atomic E-state index is 0.0573. The molecule has 4 rings (SSSR count). The number of aromatic nitrogens is 2. The van der Waals surface area contributed by atoms with Gasteiger partial charge in [0.1, 0.15) is 5.92 Å². The first kappa shape index (κ1) is 19.9. The van der Waals surface area contributed by atoms with E-state index in [2.05, 4.69) is 10.3 Å². The summed E-state index contributed by atoms with van der Waals surface area (Å²) in [4.78, 5) is 50.1. The fourth-order valence-corrected chi connectivity index (χ4v) is 4.71. The van der Waals surface area contributed by atoms with Crippen LogP contribution in [0.1, 0.15) is 5.56 Å². The topological polar surface area (TPSA) is 155 Å². The number of halogens is 1. The second kappa shape index (κ2) is 6.82. The molecule has 1 atom stereocenters. The minimum Gasteiger partial charge on any atom is -0.481 e. The van der Waals surface area contributed by atoms with Crippen molar-refractivity contribution in [2.45, 2.75) is 11.3 Å². The highest BCUT2D eigenvalue weighted by molar-refractivity contribution is 7.90. The molecule has 1 aliphatic heterocycles. The van der Waals surface area contributed by atoms with E-state index in [-0.39, 0.29) is 32.0 Å². The van der Waals surface area contributed by atoms with Crippen molar-refractivity contribution in [1.82, 2.24) is 8.96 Å². The number of nitrogens with zero attached hydrogens (tertiary/aromatic N) is 1. The number of anilines is 1. The van der Waals surface area contributed by atoms with Gasteiger partial charge in [0.15, 0.2) is 0 Å². The average molecular weight is 450 g/mol. The molecule has 0 radical (unpaired) electrons. The Kier molecular flexibility index (Phi) is 4.51. The zero-order chi connectivity index (χ0) is 21.8. The maximum atomic E-state index is 13.0. The lowest BCUT2D eigenvalue weighted by Crippen LogP contribution is -2.40. The van der Waals surface area contributed by atoms with Gasteiger partial charge in [-0.05, 0) is 42.3 Å². The number of carbonyl (C=O) groups is 2. The fraction of sp³-hybridized carbons (Fsp3) is 0.111. The van der Waals surface area contributed by atoms with E-state index in [9.17, 15) is 27.6 Å². The Balaban J connectivity index is 1.86. The number of carboxylic acid groups (broad SMARTS) is 1. The van der Waals surface area contributed by atoms with Gasteiger partial charge in [-0.25, -0.2) is 13.2 Å². The second-order valence-electron chi connectivity index (χ2n) is 6.60. The molecule has 2 aromatic carbocycles. The van der Waals surface area contributed by atoms with Crippen LogP contribution in [0, 0.1) is 5.92 Å². The van der Waals surface area contributed by atoms with Crippen molar-refractivity contribution < 1.29 is 23.1 Å². The van der Waals surface area contributed by atoms with E-state index >= 15 is 0 Å². The van der Waals surface area contributed by atoms with E-state index in [1.165, 1.54) is 24.3 Å². The molecule has 1 aliphatic rings. The second-order valence-corrected chi connectivity index (χ2v) is 8.82. The number of nitrogens with one attached hydrogen (secondary N) is 2. The van der Waals surface area contributed by atoms with Crippen LogP contribution in [0.2, 0.25) is 5.02 Å². The third-order valence-electron chi connectivity index (χ3n) is 4.74. The van der Waals surface area contributed by atoms with E-state index in [0.717, 1.165) is 12.1 Å². The molecule has 30 heavy (non-hydrogen) atoms. The first-order valence-electron chi connectivity index (χ1n) is 8.46. The Morgan fingerprint density at radius 2 is 1.87 bits per heavy atom. The zero-order valence-corrected chi connectivity index (χ0v) is 16.5. The zero-order valence-electron chi connectivity index (χ0n) is 14.9. The van der Waals surface area contributed by atoms with Crippen LogP contribution in [-0.4, -0.2) is 34.4 Å². The summed E-state index contributed by atoms with van der Waals surface area (Å²) in [5.41, 5.74) is -1.65. The van der Waals surface area contributed by atoms with Gasteiger partial charge in [0.25, 0.3) is 15.6 Å². The van der Waals surface area contributed by atoms with Crippen molar-refractivity contribution in [3.63, 3.8) is 0 Å². The summed E-state index contributed by atoms with van der Waals surface area (Å²) >= 11 is 5.84. The van der Waals surface area contributed by atoms with Crippen LogP contribution in [-0.2, 0) is 26.0 Å². The number of hydrogen-bond acceptors (Lipinski definition) is 6. The predicted octanol–water partition coefficient (Wildman–Crippen LogP) is 0.776. The number of benzene rings is 2. The highest BCUT2D eigenvalue weighted by atomic mass is 35.5. The maximum absolute atomic E-state index is 13.0. The lowest BCUT2D eigenvalue weighted by molar-refractivity contribution is -0.145. The van der Waals surface area contributed by atoms with Crippen LogP contribution < -0.4 is 16.6 Å². The summed E-state index contributed by atoms with van der Waals surface area (Å²) in [7, 11) is -4.62. The molecule has 1 unspecified atom stereocenters. The third kappa shape index (κ3) is 3.08. The number of carbonyl (C=O) groups excluding carboxylic acids is 1. The lowest BCUT2D eigenvalue weighted by Gasteiger charge is -2.22. The number of carboxylic acids is 1. The van der Waals surface area contributed by atoms with E-state index < -0.39 is 44.0 Å². The monoisotopic (exact) mass is 449 g/mol. The van der Waals surface area contributed by atoms with E-state index in [4.69, 9.17) is 16.7 Å². The quantitative estimate of drug-likeness (QED) is 0.499. The highest BCUT2D eigenvalue weighted by Crippen LogP contribution is 2.29. The van der Waals surface area contributed by atoms with Crippen molar-refractivity contribution in [2.75, 3.05) is 5.32 Å². The maximum Gasteiger partial charge on any atom is 0.343 e. The van der Waals surface area contributed by atoms with Crippen LogP contribution in [0.15, 0.2) is 50.9 Å². The molecular formula is C18H12ClN3O7S. The number of aliphatic carboxylic acids is 1. The molecule has 3 aromatic rings. The molecule has 2 heterocycles. The molecule has 0 saturated carbocycles. The largest absolute Gasteiger partial charge is 0.481 e. The number of amides is 1. The first-order valence-corrected chi connectivity index (χ1v) is 10.3. The minimum atomic E-state index is -4.62. The Morgan fingerprint density at radius 1 is 1.13 bits per heavy atom. The number of hydrogen-bond donors (Lipinski definition) is 3. The van der Waals surface area contributed by atoms with Crippen LogP contribution in [0.5, 0.6) is 0 Å². The van der Waals surface area contributed by atoms with Crippen LogP contribution in [0.4, 0.5) is 5.69 Å². The Labute approximate surface area is 172 Å². The van der Waals surface area contributed by atoms with Crippen LogP contribution >= 0.6 is 11.6 Å². The predicted molar refractivity (Wildman–Crippen MR) is 106 cm³/mol. The smallest absolute Gasteiger partial charge is 0.343 e. The average Bonchev–Trinajstić information content (AvgIpc) is 2.66. The van der Waals surface area contributed by atoms with Crippen molar-refractivity contribution in [3.05, 3.63) is 67.8 Å².